The van der Waals surface area contributed by atoms with Gasteiger partial charge in [0.1, 0.15) is 5.41 Å². The second kappa shape index (κ2) is 13.1. The lowest BCUT2D eigenvalue weighted by Crippen LogP contribution is -2.36. The van der Waals surface area contributed by atoms with Crippen LogP contribution in [0.5, 0.6) is 11.5 Å². The van der Waals surface area contributed by atoms with Gasteiger partial charge in [0.25, 0.3) is 0 Å². The number of likely N-dealkylation sites (tertiary alicyclic amines) is 1. The maximum atomic E-state index is 13.4. The van der Waals surface area contributed by atoms with Gasteiger partial charge in [-0.1, -0.05) is 36.8 Å². The van der Waals surface area contributed by atoms with Gasteiger partial charge in [-0.25, -0.2) is 0 Å². The van der Waals surface area contributed by atoms with E-state index in [1.807, 2.05) is 66.9 Å². The number of nitrogens with one attached hydrogen (secondary N) is 2. The van der Waals surface area contributed by atoms with E-state index in [1.54, 1.807) is 14.2 Å². The van der Waals surface area contributed by atoms with Gasteiger partial charge in [-0.2, -0.15) is 0 Å². The molecule has 2 amide bonds. The average Bonchev–Trinajstić information content (AvgIpc) is 3.88. The number of fused-ring (bicyclic) bond motifs is 1. The monoisotopic (exact) mass is 592 g/mol. The third kappa shape index (κ3) is 6.40. The summed E-state index contributed by atoms with van der Waals surface area (Å²) in [5, 5.41) is 7.13. The number of pyridine rings is 1. The predicted molar refractivity (Wildman–Crippen MR) is 173 cm³/mol. The van der Waals surface area contributed by atoms with Gasteiger partial charge in [-0.3, -0.25) is 19.5 Å². The van der Waals surface area contributed by atoms with E-state index in [4.69, 9.17) is 9.47 Å². The van der Waals surface area contributed by atoms with E-state index in [0.29, 0.717) is 30.0 Å². The molecule has 8 heteroatoms. The van der Waals surface area contributed by atoms with Crippen LogP contribution >= 0.6 is 0 Å². The van der Waals surface area contributed by atoms with Gasteiger partial charge in [-0.05, 0) is 98.6 Å². The lowest BCUT2D eigenvalue weighted by Gasteiger charge is -2.27. The predicted octanol–water partition coefficient (Wildman–Crippen LogP) is 6.38. The number of para-hydroxylation sites is 1. The number of amides is 2. The molecule has 2 fully saturated rings. The molecule has 44 heavy (non-hydrogen) atoms. The minimum absolute atomic E-state index is 0.225. The first kappa shape index (κ1) is 29.6. The Kier molecular flexibility index (Phi) is 8.79. The van der Waals surface area contributed by atoms with E-state index in [-0.39, 0.29) is 11.8 Å². The smallest absolute Gasteiger partial charge is 0.240 e. The number of methoxy groups -OCH3 is 2. The van der Waals surface area contributed by atoms with Crippen molar-refractivity contribution in [2.24, 2.45) is 5.41 Å². The highest BCUT2D eigenvalue weighted by Gasteiger charge is 2.56. The van der Waals surface area contributed by atoms with E-state index in [1.165, 1.54) is 24.8 Å². The van der Waals surface area contributed by atoms with Crippen molar-refractivity contribution in [3.05, 3.63) is 89.6 Å². The van der Waals surface area contributed by atoms with E-state index in [9.17, 15) is 9.59 Å². The molecule has 0 radical (unpaired) electrons. The number of hydrogen-bond donors (Lipinski definition) is 2. The molecule has 0 bridgehead atoms. The Hall–Kier alpha value is -4.43. The van der Waals surface area contributed by atoms with Crippen molar-refractivity contribution in [3.8, 4) is 11.5 Å². The van der Waals surface area contributed by atoms with Crippen LogP contribution in [0.4, 0.5) is 11.4 Å². The molecular formula is C36H40N4O4. The molecule has 0 unspecified atom stereocenters. The highest BCUT2D eigenvalue weighted by atomic mass is 16.5. The fourth-order valence-electron chi connectivity index (χ4n) is 6.09. The lowest BCUT2D eigenvalue weighted by molar-refractivity contribution is -0.131. The van der Waals surface area contributed by atoms with Crippen LogP contribution in [0.25, 0.3) is 10.9 Å². The number of hydrogen-bond acceptors (Lipinski definition) is 6. The van der Waals surface area contributed by atoms with E-state index in [2.05, 4.69) is 26.6 Å². The van der Waals surface area contributed by atoms with Crippen LogP contribution in [0.2, 0.25) is 0 Å². The van der Waals surface area contributed by atoms with Crippen molar-refractivity contribution in [2.45, 2.75) is 51.5 Å². The summed E-state index contributed by atoms with van der Waals surface area (Å²) in [4.78, 5) is 33.7. The number of nitrogens with zero attached hydrogens (tertiary/aromatic N) is 2. The molecule has 0 spiro atoms. The van der Waals surface area contributed by atoms with E-state index >= 15 is 0 Å². The second-order valence-corrected chi connectivity index (χ2v) is 11.9. The Balaban J connectivity index is 1.07. The van der Waals surface area contributed by atoms with Gasteiger partial charge >= 0.3 is 0 Å². The summed E-state index contributed by atoms with van der Waals surface area (Å²) < 4.78 is 10.9. The van der Waals surface area contributed by atoms with E-state index < -0.39 is 5.41 Å². The van der Waals surface area contributed by atoms with Crippen LogP contribution < -0.4 is 20.1 Å². The van der Waals surface area contributed by atoms with Crippen molar-refractivity contribution in [1.82, 2.24) is 9.88 Å². The van der Waals surface area contributed by atoms with Crippen molar-refractivity contribution in [3.63, 3.8) is 0 Å². The molecule has 6 rings (SSSR count). The summed E-state index contributed by atoms with van der Waals surface area (Å²) in [6.45, 7) is 2.97. The first-order valence-corrected chi connectivity index (χ1v) is 15.5. The topological polar surface area (TPSA) is 92.8 Å². The summed E-state index contributed by atoms with van der Waals surface area (Å²) in [6, 6.07) is 21.7. The van der Waals surface area contributed by atoms with Gasteiger partial charge in [0.05, 0.1) is 19.7 Å². The summed E-state index contributed by atoms with van der Waals surface area (Å²) in [6.07, 6.45) is 8.28. The number of piperidine rings is 1. The van der Waals surface area contributed by atoms with Crippen molar-refractivity contribution < 1.29 is 19.1 Å². The molecule has 2 heterocycles. The van der Waals surface area contributed by atoms with Gasteiger partial charge in [0.15, 0.2) is 11.5 Å². The Morgan fingerprint density at radius 1 is 0.818 bits per heavy atom. The molecule has 4 aromatic rings. The van der Waals surface area contributed by atoms with Crippen molar-refractivity contribution in [2.75, 3.05) is 37.9 Å². The van der Waals surface area contributed by atoms with Crippen LogP contribution in [0, 0.1) is 5.41 Å². The normalized spacial score (nSPS) is 15.9. The zero-order valence-electron chi connectivity index (χ0n) is 25.5. The fourth-order valence-corrected chi connectivity index (χ4v) is 6.09. The van der Waals surface area contributed by atoms with Gasteiger partial charge in [0, 0.05) is 35.6 Å². The average molecular weight is 593 g/mol. The van der Waals surface area contributed by atoms with Crippen LogP contribution in [0.1, 0.15) is 48.8 Å². The first-order valence-electron chi connectivity index (χ1n) is 15.5. The summed E-state index contributed by atoms with van der Waals surface area (Å²) in [5.74, 6) is 0.865. The van der Waals surface area contributed by atoms with Gasteiger partial charge in [-0.15, -0.1) is 0 Å². The number of ether oxygens (including phenoxy) is 2. The number of benzene rings is 3. The molecule has 1 aliphatic heterocycles. The SMILES string of the molecule is COc1cc2nccc(CCc3ccc(NC(=O)C4(C(=O)Nc5ccccc5CN5CCCCC5)CC4)cc3)c2cc1OC. The quantitative estimate of drug-likeness (QED) is 0.196. The van der Waals surface area contributed by atoms with Crippen LogP contribution in [-0.4, -0.2) is 49.0 Å². The number of aryl methyl sites for hydroxylation is 2. The van der Waals surface area contributed by atoms with Gasteiger partial charge < -0.3 is 20.1 Å². The fraction of sp³-hybridized carbons (Fsp3) is 0.361. The van der Waals surface area contributed by atoms with Crippen molar-refractivity contribution >= 4 is 34.1 Å². The number of carbonyl (C=O) groups is 2. The molecule has 1 aliphatic carbocycles. The zero-order chi connectivity index (χ0) is 30.5. The molecule has 1 saturated carbocycles. The summed E-state index contributed by atoms with van der Waals surface area (Å²) in [7, 11) is 3.25. The third-order valence-electron chi connectivity index (χ3n) is 8.96. The standard InChI is InChI=1S/C36H40N4O4/c1-43-32-22-29-26(16-19-37-31(29)23-33(32)44-2)13-10-25-11-14-28(15-12-25)38-34(41)36(17-18-36)35(42)39-30-9-5-4-8-27(30)24-40-20-6-3-7-21-40/h4-5,8-9,11-12,14-16,19,22-23H,3,6-7,10,13,17-18,20-21,24H2,1-2H3,(H,38,41)(H,39,42). The maximum absolute atomic E-state index is 13.4. The third-order valence-corrected chi connectivity index (χ3v) is 8.96. The maximum Gasteiger partial charge on any atom is 0.240 e. The van der Waals surface area contributed by atoms with E-state index in [0.717, 1.165) is 60.2 Å². The number of rotatable bonds is 11. The molecular weight excluding hydrogens is 552 g/mol. The highest BCUT2D eigenvalue weighted by molar-refractivity contribution is 6.17. The Morgan fingerprint density at radius 2 is 1.52 bits per heavy atom. The minimum atomic E-state index is -1.02. The first-order chi connectivity index (χ1) is 21.5. The highest BCUT2D eigenvalue weighted by Crippen LogP contribution is 2.47. The number of anilines is 2. The summed E-state index contributed by atoms with van der Waals surface area (Å²) >= 11 is 0. The molecule has 2 N–H and O–H groups in total. The molecule has 1 aromatic heterocycles. The Morgan fingerprint density at radius 3 is 2.25 bits per heavy atom. The molecule has 2 aliphatic rings. The van der Waals surface area contributed by atoms with Crippen LogP contribution in [0.15, 0.2) is 72.9 Å². The zero-order valence-corrected chi connectivity index (χ0v) is 25.5. The molecule has 0 atom stereocenters. The Labute approximate surface area is 258 Å². The minimum Gasteiger partial charge on any atom is -0.493 e. The largest absolute Gasteiger partial charge is 0.493 e. The number of aromatic nitrogens is 1. The Bertz CT molecular complexity index is 1640. The molecule has 3 aromatic carbocycles. The van der Waals surface area contributed by atoms with Crippen LogP contribution in [0.3, 0.4) is 0 Å². The van der Waals surface area contributed by atoms with Crippen molar-refractivity contribution in [1.29, 1.82) is 0 Å². The van der Waals surface area contributed by atoms with Gasteiger partial charge in [0.2, 0.25) is 11.8 Å². The summed E-state index contributed by atoms with van der Waals surface area (Å²) in [5.41, 5.74) is 4.74. The van der Waals surface area contributed by atoms with Crippen LogP contribution in [-0.2, 0) is 29.0 Å². The lowest BCUT2D eigenvalue weighted by atomic mass is 10.0. The molecule has 228 valence electrons. The second-order valence-electron chi connectivity index (χ2n) is 11.9. The number of carbonyl (C=O) groups excluding carboxylic acids is 2. The molecule has 8 nitrogen and oxygen atoms in total. The molecule has 1 saturated heterocycles.